The highest BCUT2D eigenvalue weighted by Gasteiger charge is 2.08. The number of hydrazine groups is 1. The number of anilines is 1. The van der Waals surface area contributed by atoms with Crippen LogP contribution in [-0.4, -0.2) is 20.9 Å². The minimum absolute atomic E-state index is 0.298. The van der Waals surface area contributed by atoms with E-state index < -0.39 is 11.9 Å². The van der Waals surface area contributed by atoms with Crippen molar-refractivity contribution in [2.24, 2.45) is 0 Å². The lowest BCUT2D eigenvalue weighted by Crippen LogP contribution is -2.29. The lowest BCUT2D eigenvalue weighted by Gasteiger charge is -2.08. The highest BCUT2D eigenvalue weighted by atomic mass is 19.1. The Balaban J connectivity index is 1.65. The molecule has 7 heteroatoms. The molecule has 0 bridgehead atoms. The van der Waals surface area contributed by atoms with Gasteiger partial charge in [0.2, 0.25) is 5.95 Å². The normalized spacial score (nSPS) is 10.1. The third-order valence-corrected chi connectivity index (χ3v) is 2.99. The zero-order valence-corrected chi connectivity index (χ0v) is 11.9. The predicted octanol–water partition coefficient (Wildman–Crippen LogP) is 2.43. The third-order valence-electron chi connectivity index (χ3n) is 2.99. The number of hydrogen-bond donors (Lipinski definition) is 2. The van der Waals surface area contributed by atoms with Gasteiger partial charge >= 0.3 is 0 Å². The number of nitrogens with one attached hydrogen (secondary N) is 2. The molecule has 114 valence electrons. The fourth-order valence-corrected chi connectivity index (χ4v) is 1.83. The number of rotatable bonds is 4. The van der Waals surface area contributed by atoms with Gasteiger partial charge in [-0.25, -0.2) is 15.0 Å². The first-order chi connectivity index (χ1) is 11.2. The first kappa shape index (κ1) is 14.6. The molecule has 6 nitrogen and oxygen atoms in total. The van der Waals surface area contributed by atoms with Gasteiger partial charge in [-0.3, -0.25) is 15.6 Å². The van der Waals surface area contributed by atoms with Gasteiger partial charge in [0, 0.05) is 18.0 Å². The van der Waals surface area contributed by atoms with Crippen LogP contribution in [0.15, 0.2) is 61.1 Å². The summed E-state index contributed by atoms with van der Waals surface area (Å²) in [4.78, 5) is 23.8. The van der Waals surface area contributed by atoms with E-state index in [0.717, 1.165) is 5.56 Å². The maximum Gasteiger partial charge on any atom is 0.272 e. The minimum Gasteiger partial charge on any atom is -0.297 e. The van der Waals surface area contributed by atoms with E-state index in [1.54, 1.807) is 0 Å². The van der Waals surface area contributed by atoms with E-state index in [0.29, 0.717) is 17.1 Å². The molecule has 0 radical (unpaired) electrons. The summed E-state index contributed by atoms with van der Waals surface area (Å²) in [6, 6.07) is 12.1. The van der Waals surface area contributed by atoms with Crippen molar-refractivity contribution in [3.05, 3.63) is 72.6 Å². The first-order valence-corrected chi connectivity index (χ1v) is 6.78. The first-order valence-electron chi connectivity index (χ1n) is 6.78. The highest BCUT2D eigenvalue weighted by Crippen LogP contribution is 2.13. The largest absolute Gasteiger partial charge is 0.297 e. The predicted molar refractivity (Wildman–Crippen MR) is 82.8 cm³/mol. The van der Waals surface area contributed by atoms with Crippen LogP contribution in [0.3, 0.4) is 0 Å². The van der Waals surface area contributed by atoms with Gasteiger partial charge in [-0.1, -0.05) is 30.3 Å². The van der Waals surface area contributed by atoms with E-state index >= 15 is 0 Å². The number of aromatic nitrogens is 3. The Kier molecular flexibility index (Phi) is 4.19. The van der Waals surface area contributed by atoms with E-state index in [9.17, 15) is 9.18 Å². The maximum atomic E-state index is 12.7. The van der Waals surface area contributed by atoms with Gasteiger partial charge in [-0.15, -0.1) is 0 Å². The summed E-state index contributed by atoms with van der Waals surface area (Å²) >= 11 is 0. The average Bonchev–Trinajstić information content (AvgIpc) is 2.62. The number of hydrogen-bond acceptors (Lipinski definition) is 5. The molecule has 0 aliphatic rings. The van der Waals surface area contributed by atoms with Crippen LogP contribution < -0.4 is 10.9 Å². The summed E-state index contributed by atoms with van der Waals surface area (Å²) in [5.41, 5.74) is 6.72. The van der Waals surface area contributed by atoms with Crippen LogP contribution in [0.4, 0.5) is 10.1 Å². The van der Waals surface area contributed by atoms with Crippen LogP contribution in [0.2, 0.25) is 0 Å². The summed E-state index contributed by atoms with van der Waals surface area (Å²) in [6.07, 6.45) is 4.15. The van der Waals surface area contributed by atoms with Gasteiger partial charge in [-0.2, -0.15) is 4.39 Å². The fourth-order valence-electron chi connectivity index (χ4n) is 1.83. The molecule has 1 amide bonds. The fraction of sp³-hybridized carbons (Fsp3) is 0. The molecule has 2 heterocycles. The molecule has 0 unspecified atom stereocenters. The molecule has 3 aromatic rings. The van der Waals surface area contributed by atoms with E-state index in [-0.39, 0.29) is 0 Å². The number of carbonyl (C=O) groups excluding carboxylic acids is 1. The van der Waals surface area contributed by atoms with Crippen LogP contribution >= 0.6 is 0 Å². The number of carbonyl (C=O) groups is 1. The van der Waals surface area contributed by atoms with E-state index in [4.69, 9.17) is 0 Å². The molecule has 2 N–H and O–H groups in total. The van der Waals surface area contributed by atoms with Crippen LogP contribution in [0.25, 0.3) is 11.4 Å². The Morgan fingerprint density at radius 3 is 2.30 bits per heavy atom. The second-order valence-corrected chi connectivity index (χ2v) is 4.61. The molecule has 0 spiro atoms. The van der Waals surface area contributed by atoms with Crippen molar-refractivity contribution in [3.8, 4) is 11.4 Å². The minimum atomic E-state index is -0.591. The molecule has 0 aliphatic heterocycles. The Morgan fingerprint density at radius 1 is 0.913 bits per heavy atom. The van der Waals surface area contributed by atoms with E-state index in [2.05, 4.69) is 25.8 Å². The summed E-state index contributed by atoms with van der Waals surface area (Å²) < 4.78 is 12.7. The van der Waals surface area contributed by atoms with Crippen molar-refractivity contribution in [2.75, 3.05) is 5.43 Å². The number of nitrogens with zero attached hydrogens (tertiary/aromatic N) is 3. The van der Waals surface area contributed by atoms with Gasteiger partial charge in [0.1, 0.15) is 0 Å². The molecule has 3 rings (SSSR count). The highest BCUT2D eigenvalue weighted by molar-refractivity contribution is 5.94. The Morgan fingerprint density at radius 2 is 1.65 bits per heavy atom. The smallest absolute Gasteiger partial charge is 0.272 e. The molecule has 0 saturated carbocycles. The Labute approximate surface area is 131 Å². The SMILES string of the molecule is O=C(NNc1ccc(F)nc1)c1cnc(-c2ccccc2)nc1. The quantitative estimate of drug-likeness (QED) is 0.571. The molecule has 0 fully saturated rings. The number of halogens is 1. The second kappa shape index (κ2) is 6.61. The zero-order valence-electron chi connectivity index (χ0n) is 11.9. The van der Waals surface area contributed by atoms with Crippen LogP contribution in [0, 0.1) is 5.95 Å². The van der Waals surface area contributed by atoms with E-state index in [1.165, 1.54) is 30.7 Å². The summed E-state index contributed by atoms with van der Waals surface area (Å²) in [6.45, 7) is 0. The van der Waals surface area contributed by atoms with Gasteiger partial charge < -0.3 is 0 Å². The monoisotopic (exact) mass is 309 g/mol. The summed E-state index contributed by atoms with van der Waals surface area (Å²) in [5, 5.41) is 0. The van der Waals surface area contributed by atoms with Gasteiger partial charge in [0.15, 0.2) is 5.82 Å². The van der Waals surface area contributed by atoms with Crippen LogP contribution in [-0.2, 0) is 0 Å². The van der Waals surface area contributed by atoms with Crippen molar-refractivity contribution in [1.82, 2.24) is 20.4 Å². The standard InChI is InChI=1S/C16H12FN5O/c17-14-7-6-13(10-18-14)21-22-16(23)12-8-19-15(20-9-12)11-4-2-1-3-5-11/h1-10,21H,(H,22,23). The summed E-state index contributed by atoms with van der Waals surface area (Å²) in [5.74, 6) is -0.460. The molecule has 0 atom stereocenters. The number of amides is 1. The molecule has 1 aromatic carbocycles. The van der Waals surface area contributed by atoms with Crippen molar-refractivity contribution in [3.63, 3.8) is 0 Å². The maximum absolute atomic E-state index is 12.7. The molecule has 0 aliphatic carbocycles. The van der Waals surface area contributed by atoms with Gasteiger partial charge in [-0.05, 0) is 12.1 Å². The lowest BCUT2D eigenvalue weighted by atomic mass is 10.2. The molecule has 0 saturated heterocycles. The molecule has 2 aromatic heterocycles. The molecular weight excluding hydrogens is 297 g/mol. The topological polar surface area (TPSA) is 79.8 Å². The van der Waals surface area contributed by atoms with Gasteiger partial charge in [0.05, 0.1) is 17.4 Å². The Hall–Kier alpha value is -3.35. The molecular formula is C16H12FN5O. The van der Waals surface area contributed by atoms with Crippen molar-refractivity contribution in [2.45, 2.75) is 0 Å². The number of benzene rings is 1. The Bertz CT molecular complexity index is 791. The van der Waals surface area contributed by atoms with Crippen molar-refractivity contribution < 1.29 is 9.18 Å². The third kappa shape index (κ3) is 3.65. The van der Waals surface area contributed by atoms with Gasteiger partial charge in [0.25, 0.3) is 5.91 Å². The van der Waals surface area contributed by atoms with Crippen LogP contribution in [0.1, 0.15) is 10.4 Å². The molecule has 23 heavy (non-hydrogen) atoms. The van der Waals surface area contributed by atoms with Crippen molar-refractivity contribution in [1.29, 1.82) is 0 Å². The average molecular weight is 309 g/mol. The second-order valence-electron chi connectivity index (χ2n) is 4.61. The number of pyridine rings is 1. The zero-order chi connectivity index (χ0) is 16.1. The summed E-state index contributed by atoms with van der Waals surface area (Å²) in [7, 11) is 0. The van der Waals surface area contributed by atoms with E-state index in [1.807, 2.05) is 30.3 Å². The lowest BCUT2D eigenvalue weighted by molar-refractivity contribution is 0.0962. The van der Waals surface area contributed by atoms with Crippen LogP contribution in [0.5, 0.6) is 0 Å². The van der Waals surface area contributed by atoms with Crippen molar-refractivity contribution >= 4 is 11.6 Å².